The monoisotopic (exact) mass is 601 g/mol. The van der Waals surface area contributed by atoms with Gasteiger partial charge < -0.3 is 25.0 Å². The van der Waals surface area contributed by atoms with Crippen LogP contribution in [0, 0.1) is 29.6 Å². The number of hydrogen-bond acceptors (Lipinski definition) is 5. The van der Waals surface area contributed by atoms with Crippen molar-refractivity contribution >= 4 is 23.7 Å². The van der Waals surface area contributed by atoms with E-state index >= 15 is 0 Å². The van der Waals surface area contributed by atoms with E-state index in [4.69, 9.17) is 4.74 Å². The fraction of sp³-hybridized carbons (Fsp3) is 0.706. The molecule has 242 valence electrons. The van der Waals surface area contributed by atoms with Gasteiger partial charge in [0, 0.05) is 45.0 Å². The Hall–Kier alpha value is -2.94. The lowest BCUT2D eigenvalue weighted by Gasteiger charge is -2.40. The summed E-state index contributed by atoms with van der Waals surface area (Å²) in [6, 6.07) is 7.78. The van der Waals surface area contributed by atoms with E-state index in [0.717, 1.165) is 24.8 Å². The maximum absolute atomic E-state index is 13.8. The van der Waals surface area contributed by atoms with Gasteiger partial charge in [0.15, 0.2) is 0 Å². The summed E-state index contributed by atoms with van der Waals surface area (Å²) in [6.45, 7) is 14.5. The van der Waals surface area contributed by atoms with Crippen molar-refractivity contribution in [2.24, 2.45) is 29.6 Å². The molecule has 0 spiro atoms. The van der Waals surface area contributed by atoms with Crippen molar-refractivity contribution < 1.29 is 29.0 Å². The molecule has 0 saturated carbocycles. The first kappa shape index (κ1) is 36.3. The molecule has 9 nitrogen and oxygen atoms in total. The molecular formula is C34H55N3O6. The highest BCUT2D eigenvalue weighted by molar-refractivity contribution is 5.85. The van der Waals surface area contributed by atoms with Gasteiger partial charge in [-0.15, -0.1) is 0 Å². The van der Waals surface area contributed by atoms with Gasteiger partial charge in [0.2, 0.25) is 17.7 Å². The molecule has 1 aliphatic rings. The lowest BCUT2D eigenvalue weighted by molar-refractivity contribution is -0.146. The molecule has 1 aliphatic heterocycles. The molecule has 1 heterocycles. The number of rotatable bonds is 16. The number of methoxy groups -OCH3 is 1. The predicted molar refractivity (Wildman–Crippen MR) is 168 cm³/mol. The normalized spacial score (nSPS) is 20.0. The summed E-state index contributed by atoms with van der Waals surface area (Å²) in [7, 11) is 3.42. The van der Waals surface area contributed by atoms with Gasteiger partial charge in [-0.1, -0.05) is 85.2 Å². The van der Waals surface area contributed by atoms with Crippen LogP contribution in [0.25, 0.3) is 0 Å². The second-order valence-electron chi connectivity index (χ2n) is 12.9. The third-order valence-electron chi connectivity index (χ3n) is 9.80. The van der Waals surface area contributed by atoms with Gasteiger partial charge in [-0.05, 0) is 36.2 Å². The zero-order valence-corrected chi connectivity index (χ0v) is 27.7. The summed E-state index contributed by atoms with van der Waals surface area (Å²) in [5, 5.41) is 12.5. The van der Waals surface area contributed by atoms with Crippen molar-refractivity contribution in [3.63, 3.8) is 0 Å². The molecule has 2 unspecified atom stereocenters. The zero-order chi connectivity index (χ0) is 32.4. The Balaban J connectivity index is 2.15. The van der Waals surface area contributed by atoms with Crippen molar-refractivity contribution in [1.82, 2.24) is 15.1 Å². The molecule has 0 aromatic heterocycles. The number of carboxylic acid groups (broad SMARTS) is 1. The summed E-state index contributed by atoms with van der Waals surface area (Å²) in [6.07, 6.45) is 2.30. The number of likely N-dealkylation sites (tertiary alicyclic amines) is 1. The Morgan fingerprint density at radius 1 is 1.05 bits per heavy atom. The number of carbonyl (C=O) groups is 4. The van der Waals surface area contributed by atoms with Gasteiger partial charge in [0.05, 0.1) is 18.6 Å². The maximum Gasteiger partial charge on any atom is 0.326 e. The van der Waals surface area contributed by atoms with Gasteiger partial charge in [-0.3, -0.25) is 14.4 Å². The van der Waals surface area contributed by atoms with E-state index in [1.54, 1.807) is 18.9 Å². The summed E-state index contributed by atoms with van der Waals surface area (Å²) < 4.78 is 5.91. The van der Waals surface area contributed by atoms with Crippen molar-refractivity contribution in [2.75, 3.05) is 20.7 Å². The first-order valence-corrected chi connectivity index (χ1v) is 15.9. The van der Waals surface area contributed by atoms with E-state index in [-0.39, 0.29) is 66.3 Å². The number of amides is 3. The highest BCUT2D eigenvalue weighted by atomic mass is 16.5. The van der Waals surface area contributed by atoms with Crippen LogP contribution in [0.5, 0.6) is 0 Å². The lowest BCUT2D eigenvalue weighted by Crippen LogP contribution is -2.53. The smallest absolute Gasteiger partial charge is 0.326 e. The first-order chi connectivity index (χ1) is 20.2. The Bertz CT molecular complexity index is 1060. The Kier molecular flexibility index (Phi) is 14.2. The summed E-state index contributed by atoms with van der Waals surface area (Å²) in [5.74, 6) is -1.91. The molecular weight excluding hydrogens is 546 g/mol. The Morgan fingerprint density at radius 2 is 1.67 bits per heavy atom. The van der Waals surface area contributed by atoms with E-state index in [2.05, 4.69) is 19.2 Å². The molecule has 1 saturated heterocycles. The molecule has 0 radical (unpaired) electrons. The number of likely N-dealkylation sites (N-methyl/N-ethyl adjacent to an activating group) is 1. The summed E-state index contributed by atoms with van der Waals surface area (Å²) in [4.78, 5) is 56.0. The van der Waals surface area contributed by atoms with Gasteiger partial charge in [0.25, 0.3) is 0 Å². The number of benzene rings is 1. The minimum absolute atomic E-state index is 0.0487. The largest absolute Gasteiger partial charge is 0.480 e. The number of aliphatic carboxylic acids is 1. The SMILES string of the molecule is CCC(C)[C@@H]([C@@H](CC(=O)N1CCC[C@H]1[C@H](C)[C@@H](C)C(=O)NC(Cc1ccccc1)C(=O)O)OC)N(C)C(=O)[C@@H](C)C(C)C. The van der Waals surface area contributed by atoms with Crippen LogP contribution < -0.4 is 5.32 Å². The standard InChI is InChI=1S/C34H55N3O6/c1-10-22(4)31(36(8)33(40)23(5)21(2)3)29(43-9)20-30(38)37-18-14-17-28(37)24(6)25(7)32(39)35-27(34(41)42)19-26-15-12-11-13-16-26/h11-13,15-16,21-25,27-29,31H,10,14,17-20H2,1-9H3,(H,35,39)(H,41,42)/t22?,23-,24+,25+,27?,28-,29+,31-/m0/s1. The van der Waals surface area contributed by atoms with Crippen molar-refractivity contribution in [2.45, 2.75) is 105 Å². The van der Waals surface area contributed by atoms with Crippen molar-refractivity contribution in [1.29, 1.82) is 0 Å². The molecule has 43 heavy (non-hydrogen) atoms. The average molecular weight is 602 g/mol. The third kappa shape index (κ3) is 9.52. The topological polar surface area (TPSA) is 116 Å². The van der Waals surface area contributed by atoms with Crippen LogP contribution in [0.1, 0.15) is 79.7 Å². The molecule has 1 aromatic rings. The molecule has 2 rings (SSSR count). The molecule has 2 N–H and O–H groups in total. The van der Waals surface area contributed by atoms with E-state index in [0.29, 0.717) is 6.54 Å². The number of hydrogen-bond donors (Lipinski definition) is 2. The number of nitrogens with zero attached hydrogens (tertiary/aromatic N) is 2. The zero-order valence-electron chi connectivity index (χ0n) is 27.7. The number of carboxylic acids is 1. The fourth-order valence-corrected chi connectivity index (χ4v) is 6.20. The molecule has 1 fully saturated rings. The van der Waals surface area contributed by atoms with Gasteiger partial charge >= 0.3 is 5.97 Å². The van der Waals surface area contributed by atoms with Crippen LogP contribution in [0.3, 0.4) is 0 Å². The van der Waals surface area contributed by atoms with Crippen LogP contribution >= 0.6 is 0 Å². The van der Waals surface area contributed by atoms with E-state index < -0.39 is 24.0 Å². The first-order valence-electron chi connectivity index (χ1n) is 15.9. The third-order valence-corrected chi connectivity index (χ3v) is 9.80. The molecule has 8 atom stereocenters. The van der Waals surface area contributed by atoms with E-state index in [1.807, 2.05) is 70.0 Å². The highest BCUT2D eigenvalue weighted by Crippen LogP contribution is 2.31. The van der Waals surface area contributed by atoms with E-state index in [9.17, 15) is 24.3 Å². The average Bonchev–Trinajstić information content (AvgIpc) is 3.49. The molecule has 1 aromatic carbocycles. The lowest BCUT2D eigenvalue weighted by atomic mass is 9.86. The van der Waals surface area contributed by atoms with Gasteiger partial charge in [-0.25, -0.2) is 4.79 Å². The maximum atomic E-state index is 13.8. The molecule has 0 bridgehead atoms. The van der Waals surface area contributed by atoms with E-state index in [1.165, 1.54) is 0 Å². The summed E-state index contributed by atoms with van der Waals surface area (Å²) in [5.41, 5.74) is 0.831. The van der Waals surface area contributed by atoms with Crippen LogP contribution in [0.15, 0.2) is 30.3 Å². The second kappa shape index (κ2) is 16.8. The predicted octanol–water partition coefficient (Wildman–Crippen LogP) is 4.63. The fourth-order valence-electron chi connectivity index (χ4n) is 6.20. The summed E-state index contributed by atoms with van der Waals surface area (Å²) >= 11 is 0. The second-order valence-corrected chi connectivity index (χ2v) is 12.9. The van der Waals surface area contributed by atoms with Gasteiger partial charge in [-0.2, -0.15) is 0 Å². The highest BCUT2D eigenvalue weighted by Gasteiger charge is 2.41. The minimum atomic E-state index is -1.08. The van der Waals surface area contributed by atoms with Crippen molar-refractivity contribution in [3.05, 3.63) is 35.9 Å². The van der Waals surface area contributed by atoms with Crippen LogP contribution in [-0.4, -0.2) is 83.5 Å². The minimum Gasteiger partial charge on any atom is -0.480 e. The Morgan fingerprint density at radius 3 is 2.21 bits per heavy atom. The number of nitrogens with one attached hydrogen (secondary N) is 1. The number of ether oxygens (including phenoxy) is 1. The molecule has 3 amide bonds. The Labute approximate surface area is 258 Å². The van der Waals surface area contributed by atoms with Crippen molar-refractivity contribution in [3.8, 4) is 0 Å². The quantitative estimate of drug-likeness (QED) is 0.285. The van der Waals surface area contributed by atoms with Crippen LogP contribution in [0.4, 0.5) is 0 Å². The molecule has 9 heteroatoms. The van der Waals surface area contributed by atoms with Crippen LogP contribution in [0.2, 0.25) is 0 Å². The number of carbonyl (C=O) groups excluding carboxylic acids is 3. The van der Waals surface area contributed by atoms with Gasteiger partial charge in [0.1, 0.15) is 6.04 Å². The van der Waals surface area contributed by atoms with Crippen LogP contribution in [-0.2, 0) is 30.3 Å². The molecule has 0 aliphatic carbocycles.